The van der Waals surface area contributed by atoms with Crippen LogP contribution in [0, 0.1) is 5.82 Å². The van der Waals surface area contributed by atoms with Crippen LogP contribution in [0.15, 0.2) is 66.9 Å². The van der Waals surface area contributed by atoms with Gasteiger partial charge < -0.3 is 15.4 Å². The number of nitrogens with zero attached hydrogens (tertiary/aromatic N) is 1. The van der Waals surface area contributed by atoms with Gasteiger partial charge in [-0.2, -0.15) is 0 Å². The number of esters is 1. The zero-order valence-electron chi connectivity index (χ0n) is 15.1. The van der Waals surface area contributed by atoms with E-state index in [4.69, 9.17) is 4.74 Å². The van der Waals surface area contributed by atoms with E-state index in [1.165, 1.54) is 36.5 Å². The highest BCUT2D eigenvalue weighted by Crippen LogP contribution is 2.21. The molecule has 3 rings (SSSR count). The fourth-order valence-corrected chi connectivity index (χ4v) is 2.53. The van der Waals surface area contributed by atoms with Crippen LogP contribution in [0.5, 0.6) is 0 Å². The fourth-order valence-electron chi connectivity index (χ4n) is 2.53. The quantitative estimate of drug-likeness (QED) is 0.621. The van der Waals surface area contributed by atoms with Gasteiger partial charge in [0.25, 0.3) is 5.91 Å². The second-order valence-electron chi connectivity index (χ2n) is 5.79. The Morgan fingerprint density at radius 1 is 1.07 bits per heavy atom. The van der Waals surface area contributed by atoms with Gasteiger partial charge in [0.15, 0.2) is 0 Å². The van der Waals surface area contributed by atoms with Gasteiger partial charge in [-0.15, -0.1) is 0 Å². The summed E-state index contributed by atoms with van der Waals surface area (Å²) in [5.74, 6) is -0.922. The third-order valence-electron chi connectivity index (χ3n) is 3.79. The Morgan fingerprint density at radius 3 is 2.68 bits per heavy atom. The van der Waals surface area contributed by atoms with Gasteiger partial charge in [-0.25, -0.2) is 14.2 Å². The first-order valence-electron chi connectivity index (χ1n) is 8.63. The molecule has 0 radical (unpaired) electrons. The Hall–Kier alpha value is -3.74. The fraction of sp³-hybridized carbons (Fsp3) is 0.0952. The molecule has 0 unspecified atom stereocenters. The molecule has 0 bridgehead atoms. The lowest BCUT2D eigenvalue weighted by Crippen LogP contribution is -2.13. The Kier molecular flexibility index (Phi) is 5.96. The second-order valence-corrected chi connectivity index (χ2v) is 5.79. The third-order valence-corrected chi connectivity index (χ3v) is 3.79. The van der Waals surface area contributed by atoms with E-state index in [-0.39, 0.29) is 6.61 Å². The topological polar surface area (TPSA) is 80.3 Å². The molecule has 0 aliphatic rings. The first-order chi connectivity index (χ1) is 13.6. The van der Waals surface area contributed by atoms with Crippen molar-refractivity contribution in [2.75, 3.05) is 17.2 Å². The van der Waals surface area contributed by atoms with Crippen LogP contribution in [0.3, 0.4) is 0 Å². The number of amides is 1. The number of benzene rings is 2. The molecule has 0 spiro atoms. The maximum absolute atomic E-state index is 13.3. The van der Waals surface area contributed by atoms with E-state index >= 15 is 0 Å². The van der Waals surface area contributed by atoms with Crippen LogP contribution in [0.25, 0.3) is 0 Å². The molecule has 2 aromatic carbocycles. The highest BCUT2D eigenvalue weighted by Gasteiger charge is 2.13. The Bertz CT molecular complexity index is 1010. The molecule has 6 nitrogen and oxygen atoms in total. The van der Waals surface area contributed by atoms with Crippen LogP contribution in [-0.2, 0) is 4.74 Å². The normalized spacial score (nSPS) is 10.2. The number of carbonyl (C=O) groups is 2. The van der Waals surface area contributed by atoms with Crippen LogP contribution < -0.4 is 10.6 Å². The zero-order chi connectivity index (χ0) is 19.9. The van der Waals surface area contributed by atoms with Crippen molar-refractivity contribution in [2.24, 2.45) is 0 Å². The smallest absolute Gasteiger partial charge is 0.340 e. The predicted octanol–water partition coefficient (Wildman–Crippen LogP) is 4.39. The summed E-state index contributed by atoms with van der Waals surface area (Å²) < 4.78 is 18.3. The van der Waals surface area contributed by atoms with Crippen molar-refractivity contribution in [3.63, 3.8) is 0 Å². The Morgan fingerprint density at radius 2 is 1.89 bits per heavy atom. The van der Waals surface area contributed by atoms with Gasteiger partial charge in [0.2, 0.25) is 0 Å². The highest BCUT2D eigenvalue weighted by atomic mass is 19.1. The molecular formula is C21H18FN3O3. The van der Waals surface area contributed by atoms with E-state index in [0.29, 0.717) is 28.3 Å². The molecule has 1 heterocycles. The molecule has 0 aliphatic carbocycles. The average molecular weight is 379 g/mol. The molecule has 28 heavy (non-hydrogen) atoms. The van der Waals surface area contributed by atoms with E-state index < -0.39 is 17.7 Å². The highest BCUT2D eigenvalue weighted by molar-refractivity contribution is 6.04. The molecule has 142 valence electrons. The van der Waals surface area contributed by atoms with Gasteiger partial charge in [-0.3, -0.25) is 4.79 Å². The zero-order valence-corrected chi connectivity index (χ0v) is 15.1. The number of ether oxygens (including phenoxy) is 1. The van der Waals surface area contributed by atoms with Crippen LogP contribution >= 0.6 is 0 Å². The average Bonchev–Trinajstić information content (AvgIpc) is 2.69. The number of carbonyl (C=O) groups excluding carboxylic acids is 2. The molecular weight excluding hydrogens is 361 g/mol. The van der Waals surface area contributed by atoms with E-state index in [0.717, 1.165) is 0 Å². The first-order valence-corrected chi connectivity index (χ1v) is 8.63. The number of hydrogen-bond acceptors (Lipinski definition) is 5. The minimum atomic E-state index is -0.453. The van der Waals surface area contributed by atoms with Gasteiger partial charge in [0, 0.05) is 17.4 Å². The van der Waals surface area contributed by atoms with Gasteiger partial charge in [0.05, 0.1) is 17.9 Å². The maximum atomic E-state index is 13.3. The van der Waals surface area contributed by atoms with Crippen molar-refractivity contribution in [3.05, 3.63) is 83.8 Å². The lowest BCUT2D eigenvalue weighted by Gasteiger charge is -2.11. The Labute approximate surface area is 161 Å². The summed E-state index contributed by atoms with van der Waals surface area (Å²) in [6.07, 6.45) is 1.47. The number of anilines is 3. The largest absolute Gasteiger partial charge is 0.462 e. The van der Waals surface area contributed by atoms with E-state index in [1.807, 2.05) is 0 Å². The number of halogens is 1. The molecule has 0 aliphatic heterocycles. The molecule has 2 N–H and O–H groups in total. The number of pyridine rings is 1. The summed E-state index contributed by atoms with van der Waals surface area (Å²) in [5.41, 5.74) is 1.55. The maximum Gasteiger partial charge on any atom is 0.340 e. The lowest BCUT2D eigenvalue weighted by molar-refractivity contribution is 0.0527. The van der Waals surface area contributed by atoms with Crippen molar-refractivity contribution >= 4 is 29.1 Å². The molecule has 1 aromatic heterocycles. The van der Waals surface area contributed by atoms with Crippen molar-refractivity contribution in [3.8, 4) is 0 Å². The minimum absolute atomic E-state index is 0.265. The number of nitrogens with one attached hydrogen (secondary N) is 2. The van der Waals surface area contributed by atoms with E-state index in [9.17, 15) is 14.0 Å². The minimum Gasteiger partial charge on any atom is -0.462 e. The number of aromatic nitrogens is 1. The first kappa shape index (κ1) is 19.0. The molecule has 0 saturated heterocycles. The molecule has 3 aromatic rings. The van der Waals surface area contributed by atoms with Gasteiger partial charge in [0.1, 0.15) is 11.6 Å². The molecule has 1 amide bonds. The number of rotatable bonds is 6. The number of para-hydroxylation sites is 1. The van der Waals surface area contributed by atoms with Gasteiger partial charge >= 0.3 is 5.97 Å². The molecule has 0 fully saturated rings. The second kappa shape index (κ2) is 8.77. The SMILES string of the molecule is CCOC(=O)c1ccccc1Nc1cc(C(=O)Nc2cccc(F)c2)ccn1. The molecule has 0 saturated carbocycles. The van der Waals surface area contributed by atoms with Crippen molar-refractivity contribution in [1.82, 2.24) is 4.98 Å². The van der Waals surface area contributed by atoms with Crippen molar-refractivity contribution in [2.45, 2.75) is 6.92 Å². The van der Waals surface area contributed by atoms with Crippen molar-refractivity contribution < 1.29 is 18.7 Å². The predicted molar refractivity (Wildman–Crippen MR) is 104 cm³/mol. The number of hydrogen-bond donors (Lipinski definition) is 2. The van der Waals surface area contributed by atoms with Gasteiger partial charge in [-0.05, 0) is 49.4 Å². The summed E-state index contributed by atoms with van der Waals surface area (Å²) >= 11 is 0. The molecule has 7 heteroatoms. The summed E-state index contributed by atoms with van der Waals surface area (Å²) in [4.78, 5) is 28.7. The van der Waals surface area contributed by atoms with Crippen LogP contribution in [0.4, 0.5) is 21.6 Å². The molecule has 0 atom stereocenters. The summed E-state index contributed by atoms with van der Waals surface area (Å²) in [5, 5.41) is 5.66. The lowest BCUT2D eigenvalue weighted by atomic mass is 10.1. The van der Waals surface area contributed by atoms with Crippen LogP contribution in [0.1, 0.15) is 27.6 Å². The van der Waals surface area contributed by atoms with Crippen LogP contribution in [0.2, 0.25) is 0 Å². The van der Waals surface area contributed by atoms with E-state index in [2.05, 4.69) is 15.6 Å². The summed E-state index contributed by atoms with van der Waals surface area (Å²) in [7, 11) is 0. The van der Waals surface area contributed by atoms with Crippen molar-refractivity contribution in [1.29, 1.82) is 0 Å². The third kappa shape index (κ3) is 4.70. The van der Waals surface area contributed by atoms with Gasteiger partial charge in [-0.1, -0.05) is 18.2 Å². The Balaban J connectivity index is 1.79. The monoisotopic (exact) mass is 379 g/mol. The standard InChI is InChI=1S/C21H18FN3O3/c1-2-28-21(27)17-8-3-4-9-18(17)25-19-12-14(10-11-23-19)20(26)24-16-7-5-6-15(22)13-16/h3-13H,2H2,1H3,(H,23,25)(H,24,26). The van der Waals surface area contributed by atoms with Crippen LogP contribution in [-0.4, -0.2) is 23.5 Å². The summed E-state index contributed by atoms with van der Waals surface area (Å²) in [6.45, 7) is 2.00. The van der Waals surface area contributed by atoms with E-state index in [1.54, 1.807) is 37.3 Å². The summed E-state index contributed by atoms with van der Waals surface area (Å²) in [6, 6.07) is 15.6.